The van der Waals surface area contributed by atoms with Crippen molar-refractivity contribution in [3.63, 3.8) is 0 Å². The summed E-state index contributed by atoms with van der Waals surface area (Å²) in [6, 6.07) is 4.40. The van der Waals surface area contributed by atoms with Crippen LogP contribution in [0.15, 0.2) is 23.3 Å². The lowest BCUT2D eigenvalue weighted by atomic mass is 10.1. The lowest BCUT2D eigenvalue weighted by Gasteiger charge is -2.13. The Bertz CT molecular complexity index is 488. The van der Waals surface area contributed by atoms with Crippen molar-refractivity contribution in [2.75, 3.05) is 19.1 Å². The first-order valence-electron chi connectivity index (χ1n) is 5.65. The van der Waals surface area contributed by atoms with Crippen LogP contribution in [-0.4, -0.2) is 25.3 Å². The molecule has 1 amide bonds. The van der Waals surface area contributed by atoms with Crippen molar-refractivity contribution >= 4 is 17.3 Å². The number of halogens is 1. The minimum absolute atomic E-state index is 0.170. The highest BCUT2D eigenvalue weighted by Gasteiger charge is 2.15. The van der Waals surface area contributed by atoms with Gasteiger partial charge in [0.25, 0.3) is 5.91 Å². The first kappa shape index (κ1) is 12.3. The third kappa shape index (κ3) is 2.77. The van der Waals surface area contributed by atoms with Gasteiger partial charge in [-0.2, -0.15) is 5.10 Å². The molecule has 1 fully saturated rings. The van der Waals surface area contributed by atoms with Crippen molar-refractivity contribution in [3.05, 3.63) is 24.0 Å². The zero-order valence-corrected chi connectivity index (χ0v) is 10.00. The van der Waals surface area contributed by atoms with E-state index in [-0.39, 0.29) is 11.7 Å². The average Bonchev–Trinajstić information content (AvgIpc) is 2.38. The molecule has 5 nitrogen and oxygen atoms in total. The molecule has 1 saturated heterocycles. The maximum atomic E-state index is 13.4. The van der Waals surface area contributed by atoms with Gasteiger partial charge >= 0.3 is 0 Å². The predicted molar refractivity (Wildman–Crippen MR) is 66.3 cm³/mol. The summed E-state index contributed by atoms with van der Waals surface area (Å²) < 4.78 is 18.2. The minimum Gasteiger partial charge on any atom is -0.494 e. The molecule has 1 aliphatic rings. The van der Waals surface area contributed by atoms with Crippen LogP contribution in [0.3, 0.4) is 0 Å². The predicted octanol–water partition coefficient (Wildman–Crippen LogP) is 1.51. The van der Waals surface area contributed by atoms with Gasteiger partial charge in [0, 0.05) is 12.6 Å². The number of anilines is 1. The molecular formula is C12H14FN3O2. The topological polar surface area (TPSA) is 62.7 Å². The normalized spacial score (nSPS) is 17.4. The summed E-state index contributed by atoms with van der Waals surface area (Å²) in [6.07, 6.45) is 1.49. The van der Waals surface area contributed by atoms with E-state index in [4.69, 9.17) is 4.74 Å². The van der Waals surface area contributed by atoms with E-state index in [1.54, 1.807) is 6.07 Å². The number of nitrogens with zero attached hydrogens (tertiary/aromatic N) is 1. The van der Waals surface area contributed by atoms with E-state index < -0.39 is 5.82 Å². The van der Waals surface area contributed by atoms with Crippen LogP contribution in [0.1, 0.15) is 12.8 Å². The number of rotatable bonds is 3. The number of benzene rings is 1. The fourth-order valence-corrected chi connectivity index (χ4v) is 1.65. The number of hydrogen-bond donors (Lipinski definition) is 2. The molecule has 2 N–H and O–H groups in total. The van der Waals surface area contributed by atoms with E-state index in [1.807, 2.05) is 0 Å². The summed E-state index contributed by atoms with van der Waals surface area (Å²) in [5.41, 5.74) is 3.57. The van der Waals surface area contributed by atoms with Gasteiger partial charge in [0.15, 0.2) is 11.6 Å². The van der Waals surface area contributed by atoms with Gasteiger partial charge in [-0.15, -0.1) is 0 Å². The molecule has 0 saturated carbocycles. The standard InChI is InChI=1S/C12H14FN3O2/c1-18-11-5-4-8(7-9(11)13)15-16-10-3-2-6-14-12(10)17/h4-5,7,15H,2-3,6H2,1H3,(H,14,17)/b16-10+. The van der Waals surface area contributed by atoms with Crippen molar-refractivity contribution < 1.29 is 13.9 Å². The van der Waals surface area contributed by atoms with E-state index in [2.05, 4.69) is 15.8 Å². The second-order valence-corrected chi connectivity index (χ2v) is 3.88. The van der Waals surface area contributed by atoms with Gasteiger partial charge in [0.1, 0.15) is 5.71 Å². The van der Waals surface area contributed by atoms with E-state index in [1.165, 1.54) is 19.2 Å². The van der Waals surface area contributed by atoms with Gasteiger partial charge in [-0.25, -0.2) is 4.39 Å². The number of nitrogens with one attached hydrogen (secondary N) is 2. The van der Waals surface area contributed by atoms with Crippen LogP contribution in [0, 0.1) is 5.82 Å². The zero-order valence-electron chi connectivity index (χ0n) is 10.00. The number of carbonyl (C=O) groups is 1. The van der Waals surface area contributed by atoms with Crippen LogP contribution in [0.25, 0.3) is 0 Å². The molecule has 1 aliphatic heterocycles. The van der Waals surface area contributed by atoms with E-state index in [9.17, 15) is 9.18 Å². The van der Waals surface area contributed by atoms with Gasteiger partial charge < -0.3 is 10.1 Å². The Kier molecular flexibility index (Phi) is 3.76. The summed E-state index contributed by atoms with van der Waals surface area (Å²) in [6.45, 7) is 0.676. The number of hydrogen-bond acceptors (Lipinski definition) is 4. The number of hydrazone groups is 1. The highest BCUT2D eigenvalue weighted by molar-refractivity contribution is 6.39. The molecule has 0 unspecified atom stereocenters. The number of ether oxygens (including phenoxy) is 1. The molecule has 0 bridgehead atoms. The highest BCUT2D eigenvalue weighted by Crippen LogP contribution is 2.20. The van der Waals surface area contributed by atoms with Crippen molar-refractivity contribution in [1.82, 2.24) is 5.32 Å². The van der Waals surface area contributed by atoms with Crippen LogP contribution >= 0.6 is 0 Å². The maximum absolute atomic E-state index is 13.4. The Morgan fingerprint density at radius 2 is 2.33 bits per heavy atom. The molecule has 1 aromatic rings. The summed E-state index contributed by atoms with van der Waals surface area (Å²) in [5.74, 6) is -0.484. The molecule has 2 rings (SSSR count). The molecule has 0 spiro atoms. The summed E-state index contributed by atoms with van der Waals surface area (Å²) in [4.78, 5) is 11.4. The Morgan fingerprint density at radius 3 is 3.00 bits per heavy atom. The minimum atomic E-state index is -0.476. The molecule has 0 aromatic heterocycles. The fraction of sp³-hybridized carbons (Fsp3) is 0.333. The van der Waals surface area contributed by atoms with Gasteiger partial charge in [-0.1, -0.05) is 0 Å². The fourth-order valence-electron chi connectivity index (χ4n) is 1.65. The summed E-state index contributed by atoms with van der Waals surface area (Å²) in [7, 11) is 1.40. The highest BCUT2D eigenvalue weighted by atomic mass is 19.1. The Balaban J connectivity index is 2.07. The molecule has 1 aromatic carbocycles. The smallest absolute Gasteiger partial charge is 0.267 e. The van der Waals surface area contributed by atoms with Gasteiger partial charge in [-0.3, -0.25) is 10.2 Å². The molecule has 18 heavy (non-hydrogen) atoms. The van der Waals surface area contributed by atoms with Crippen molar-refractivity contribution in [1.29, 1.82) is 0 Å². The first-order valence-corrected chi connectivity index (χ1v) is 5.65. The summed E-state index contributed by atoms with van der Waals surface area (Å²) in [5, 5.41) is 6.67. The average molecular weight is 251 g/mol. The van der Waals surface area contributed by atoms with Crippen LogP contribution in [0.2, 0.25) is 0 Å². The van der Waals surface area contributed by atoms with Crippen molar-refractivity contribution in [2.45, 2.75) is 12.8 Å². The molecule has 0 aliphatic carbocycles. The Morgan fingerprint density at radius 1 is 1.50 bits per heavy atom. The molecule has 0 radical (unpaired) electrons. The molecule has 1 heterocycles. The van der Waals surface area contributed by atoms with Crippen LogP contribution < -0.4 is 15.5 Å². The second-order valence-electron chi connectivity index (χ2n) is 3.88. The second kappa shape index (κ2) is 5.48. The van der Waals surface area contributed by atoms with Crippen molar-refractivity contribution in [2.24, 2.45) is 5.10 Å². The van der Waals surface area contributed by atoms with Crippen molar-refractivity contribution in [3.8, 4) is 5.75 Å². The first-order chi connectivity index (χ1) is 8.70. The molecule has 6 heteroatoms. The van der Waals surface area contributed by atoms with E-state index in [0.717, 1.165) is 6.42 Å². The number of carbonyl (C=O) groups excluding carboxylic acids is 1. The Hall–Kier alpha value is -2.11. The van der Waals surface area contributed by atoms with Gasteiger partial charge in [0.2, 0.25) is 0 Å². The monoisotopic (exact) mass is 251 g/mol. The Labute approximate surface area is 104 Å². The lowest BCUT2D eigenvalue weighted by Crippen LogP contribution is -2.37. The van der Waals surface area contributed by atoms with Gasteiger partial charge in [-0.05, 0) is 25.0 Å². The maximum Gasteiger partial charge on any atom is 0.267 e. The molecule has 0 atom stereocenters. The van der Waals surface area contributed by atoms with Crippen LogP contribution in [-0.2, 0) is 4.79 Å². The zero-order chi connectivity index (χ0) is 13.0. The van der Waals surface area contributed by atoms with Crippen LogP contribution in [0.5, 0.6) is 5.75 Å². The molecule has 96 valence electrons. The third-order valence-corrected chi connectivity index (χ3v) is 2.61. The van der Waals surface area contributed by atoms with E-state index >= 15 is 0 Å². The quantitative estimate of drug-likeness (QED) is 0.800. The SMILES string of the molecule is COc1ccc(N/N=C2\CCCNC2=O)cc1F. The molecular weight excluding hydrogens is 237 g/mol. The van der Waals surface area contributed by atoms with Gasteiger partial charge in [0.05, 0.1) is 12.8 Å². The number of methoxy groups -OCH3 is 1. The summed E-state index contributed by atoms with van der Waals surface area (Å²) >= 11 is 0. The van der Waals surface area contributed by atoms with E-state index in [0.29, 0.717) is 24.4 Å². The third-order valence-electron chi connectivity index (χ3n) is 2.61. The largest absolute Gasteiger partial charge is 0.494 e. The number of piperidine rings is 1. The lowest BCUT2D eigenvalue weighted by molar-refractivity contribution is -0.115. The van der Waals surface area contributed by atoms with Crippen LogP contribution in [0.4, 0.5) is 10.1 Å². The number of amides is 1.